The monoisotopic (exact) mass is 344 g/mol. The number of nitrogens with one attached hydrogen (secondary N) is 1. The minimum Gasteiger partial charge on any atom is -0.353 e. The third-order valence-electron chi connectivity index (χ3n) is 4.85. The second-order valence-electron chi connectivity index (χ2n) is 6.69. The normalized spacial score (nSPS) is 19.0. The Morgan fingerprint density at radius 2 is 1.76 bits per heavy atom. The van der Waals surface area contributed by atoms with E-state index in [4.69, 9.17) is 4.84 Å². The van der Waals surface area contributed by atoms with Gasteiger partial charge in [0, 0.05) is 6.04 Å². The predicted molar refractivity (Wildman–Crippen MR) is 91.7 cm³/mol. The minimum atomic E-state index is -0.509. The summed E-state index contributed by atoms with van der Waals surface area (Å²) >= 11 is 0. The van der Waals surface area contributed by atoms with Crippen LogP contribution in [0.15, 0.2) is 24.3 Å². The Kier molecular flexibility index (Phi) is 5.48. The lowest BCUT2D eigenvalue weighted by atomic mass is 9.95. The van der Waals surface area contributed by atoms with Gasteiger partial charge in [0.15, 0.2) is 0 Å². The average Bonchev–Trinajstić information content (AvgIpc) is 2.87. The van der Waals surface area contributed by atoms with E-state index in [1.807, 2.05) is 6.92 Å². The molecule has 1 fully saturated rings. The molecule has 1 aromatic rings. The third kappa shape index (κ3) is 3.90. The molecule has 0 unspecified atom stereocenters. The highest BCUT2D eigenvalue weighted by atomic mass is 16.7. The summed E-state index contributed by atoms with van der Waals surface area (Å²) in [6, 6.07) is 6.87. The summed E-state index contributed by atoms with van der Waals surface area (Å²) in [6.45, 7) is 1.87. The van der Waals surface area contributed by atoms with E-state index in [1.165, 1.54) is 6.42 Å². The van der Waals surface area contributed by atoms with Crippen molar-refractivity contribution in [2.24, 2.45) is 0 Å². The molecule has 1 heterocycles. The molecule has 2 aliphatic rings. The molecule has 25 heavy (non-hydrogen) atoms. The highest BCUT2D eigenvalue weighted by Gasteiger charge is 2.38. The lowest BCUT2D eigenvalue weighted by Gasteiger charge is -2.25. The van der Waals surface area contributed by atoms with Crippen molar-refractivity contribution in [3.05, 3.63) is 35.4 Å². The van der Waals surface area contributed by atoms with Gasteiger partial charge in [-0.1, -0.05) is 38.3 Å². The van der Waals surface area contributed by atoms with Crippen LogP contribution in [0.4, 0.5) is 0 Å². The molecule has 3 amide bonds. The van der Waals surface area contributed by atoms with Crippen LogP contribution in [0.3, 0.4) is 0 Å². The van der Waals surface area contributed by atoms with Crippen LogP contribution in [0, 0.1) is 0 Å². The maximum Gasteiger partial charge on any atom is 0.285 e. The highest BCUT2D eigenvalue weighted by molar-refractivity contribution is 6.20. The SMILES string of the molecule is CC[C@H](CC(=O)NC1CCCCC1)ON1C(=O)c2ccccc2C1=O. The number of benzene rings is 1. The molecule has 6 nitrogen and oxygen atoms in total. The first-order valence-electron chi connectivity index (χ1n) is 9.04. The Labute approximate surface area is 147 Å². The van der Waals surface area contributed by atoms with Crippen LogP contribution < -0.4 is 5.32 Å². The van der Waals surface area contributed by atoms with Gasteiger partial charge in [-0.3, -0.25) is 19.2 Å². The number of carbonyl (C=O) groups is 3. The summed E-state index contributed by atoms with van der Waals surface area (Å²) in [4.78, 5) is 42.5. The van der Waals surface area contributed by atoms with Crippen molar-refractivity contribution in [3.63, 3.8) is 0 Å². The summed E-state index contributed by atoms with van der Waals surface area (Å²) in [5, 5.41) is 3.84. The van der Waals surface area contributed by atoms with Gasteiger partial charge >= 0.3 is 0 Å². The van der Waals surface area contributed by atoms with Crippen LogP contribution in [0.1, 0.15) is 72.6 Å². The van der Waals surface area contributed by atoms with Crippen molar-refractivity contribution in [2.75, 3.05) is 0 Å². The number of hydrogen-bond donors (Lipinski definition) is 1. The van der Waals surface area contributed by atoms with Gasteiger partial charge < -0.3 is 5.32 Å². The molecule has 6 heteroatoms. The van der Waals surface area contributed by atoms with E-state index in [0.29, 0.717) is 17.5 Å². The number of nitrogens with zero attached hydrogens (tertiary/aromatic N) is 1. The first kappa shape index (κ1) is 17.6. The number of hydroxylamine groups is 2. The summed E-state index contributed by atoms with van der Waals surface area (Å²) < 4.78 is 0. The summed E-state index contributed by atoms with van der Waals surface area (Å²) in [6.07, 6.45) is 5.72. The molecule has 134 valence electrons. The quantitative estimate of drug-likeness (QED) is 0.805. The largest absolute Gasteiger partial charge is 0.353 e. The number of rotatable bonds is 6. The first-order valence-corrected chi connectivity index (χ1v) is 9.04. The van der Waals surface area contributed by atoms with Crippen molar-refractivity contribution in [1.82, 2.24) is 10.4 Å². The average molecular weight is 344 g/mol. The van der Waals surface area contributed by atoms with Gasteiger partial charge in [-0.05, 0) is 31.4 Å². The highest BCUT2D eigenvalue weighted by Crippen LogP contribution is 2.24. The Morgan fingerprint density at radius 3 is 2.32 bits per heavy atom. The molecular weight excluding hydrogens is 320 g/mol. The van der Waals surface area contributed by atoms with Crippen LogP contribution >= 0.6 is 0 Å². The standard InChI is InChI=1S/C19H24N2O4/c1-2-14(12-17(22)20-13-8-4-3-5-9-13)25-21-18(23)15-10-6-7-11-16(15)19(21)24/h6-7,10-11,13-14H,2-5,8-9,12H2,1H3,(H,20,22)/t14-/m1/s1. The minimum absolute atomic E-state index is 0.0876. The Morgan fingerprint density at radius 1 is 1.16 bits per heavy atom. The molecule has 0 spiro atoms. The van der Waals surface area contributed by atoms with E-state index in [2.05, 4.69) is 5.32 Å². The van der Waals surface area contributed by atoms with Crippen LogP contribution in [0.5, 0.6) is 0 Å². The zero-order valence-electron chi connectivity index (χ0n) is 14.5. The maximum atomic E-state index is 12.3. The molecular formula is C19H24N2O4. The van der Waals surface area contributed by atoms with E-state index in [1.54, 1.807) is 24.3 Å². The van der Waals surface area contributed by atoms with Gasteiger partial charge in [-0.15, -0.1) is 5.06 Å². The Hall–Kier alpha value is -2.21. The van der Waals surface area contributed by atoms with Gasteiger partial charge in [-0.2, -0.15) is 0 Å². The van der Waals surface area contributed by atoms with E-state index in [9.17, 15) is 14.4 Å². The molecule has 1 aliphatic carbocycles. The number of carbonyl (C=O) groups excluding carboxylic acids is 3. The van der Waals surface area contributed by atoms with Crippen molar-refractivity contribution in [1.29, 1.82) is 0 Å². The number of imide groups is 1. The van der Waals surface area contributed by atoms with E-state index in [-0.39, 0.29) is 18.4 Å². The lowest BCUT2D eigenvalue weighted by molar-refractivity contribution is -0.147. The molecule has 0 aromatic heterocycles. The predicted octanol–water partition coefficient (Wildman–Crippen LogP) is 2.83. The molecule has 1 N–H and O–H groups in total. The van der Waals surface area contributed by atoms with Crippen molar-refractivity contribution >= 4 is 17.7 Å². The van der Waals surface area contributed by atoms with E-state index in [0.717, 1.165) is 30.7 Å². The maximum absolute atomic E-state index is 12.3. The second kappa shape index (κ2) is 7.78. The number of hydrogen-bond acceptors (Lipinski definition) is 4. The van der Waals surface area contributed by atoms with Crippen LogP contribution in [0.2, 0.25) is 0 Å². The fraction of sp³-hybridized carbons (Fsp3) is 0.526. The molecule has 0 radical (unpaired) electrons. The molecule has 0 bridgehead atoms. The van der Waals surface area contributed by atoms with E-state index < -0.39 is 17.9 Å². The fourth-order valence-electron chi connectivity index (χ4n) is 3.41. The zero-order chi connectivity index (χ0) is 17.8. The van der Waals surface area contributed by atoms with Crippen molar-refractivity contribution in [3.8, 4) is 0 Å². The van der Waals surface area contributed by atoms with Gasteiger partial charge in [-0.25, -0.2) is 0 Å². The topological polar surface area (TPSA) is 75.7 Å². The molecule has 0 saturated heterocycles. The fourth-order valence-corrected chi connectivity index (χ4v) is 3.41. The number of fused-ring (bicyclic) bond motifs is 1. The Bertz CT molecular complexity index is 632. The van der Waals surface area contributed by atoms with Crippen LogP contribution in [0.25, 0.3) is 0 Å². The van der Waals surface area contributed by atoms with Gasteiger partial charge in [0.1, 0.15) is 0 Å². The van der Waals surface area contributed by atoms with Gasteiger partial charge in [0.05, 0.1) is 23.7 Å². The van der Waals surface area contributed by atoms with Gasteiger partial charge in [0.25, 0.3) is 11.8 Å². The second-order valence-corrected chi connectivity index (χ2v) is 6.69. The molecule has 1 aliphatic heterocycles. The Balaban J connectivity index is 1.58. The smallest absolute Gasteiger partial charge is 0.285 e. The van der Waals surface area contributed by atoms with E-state index >= 15 is 0 Å². The molecule has 3 rings (SSSR count). The van der Waals surface area contributed by atoms with Crippen LogP contribution in [-0.4, -0.2) is 34.9 Å². The van der Waals surface area contributed by atoms with Crippen molar-refractivity contribution in [2.45, 2.75) is 64.0 Å². The number of amides is 3. The third-order valence-corrected chi connectivity index (χ3v) is 4.85. The van der Waals surface area contributed by atoms with Gasteiger partial charge in [0.2, 0.25) is 5.91 Å². The summed E-state index contributed by atoms with van der Waals surface area (Å²) in [5.41, 5.74) is 0.683. The molecule has 1 atom stereocenters. The molecule has 1 saturated carbocycles. The van der Waals surface area contributed by atoms with Crippen LogP contribution in [-0.2, 0) is 9.63 Å². The lowest BCUT2D eigenvalue weighted by Crippen LogP contribution is -2.40. The summed E-state index contributed by atoms with van der Waals surface area (Å²) in [5.74, 6) is -1.02. The van der Waals surface area contributed by atoms with Crippen molar-refractivity contribution < 1.29 is 19.2 Å². The zero-order valence-corrected chi connectivity index (χ0v) is 14.5. The summed E-state index contributed by atoms with van der Waals surface area (Å²) in [7, 11) is 0. The molecule has 1 aromatic carbocycles. The first-order chi connectivity index (χ1) is 12.1.